The molecule has 1 aliphatic carbocycles. The molecule has 1 fully saturated rings. The molecule has 4 heteroatoms. The first-order chi connectivity index (χ1) is 12.8. The zero-order valence-electron chi connectivity index (χ0n) is 14.1. The summed E-state index contributed by atoms with van der Waals surface area (Å²) in [5.74, 6) is 0. The van der Waals surface area contributed by atoms with Gasteiger partial charge in [-0.15, -0.1) is 0 Å². The number of thiazole rings is 1. The second-order valence-corrected chi connectivity index (χ2v) is 7.71. The largest absolute Gasteiger partial charge is 0.298 e. The van der Waals surface area contributed by atoms with Gasteiger partial charge >= 0.3 is 0 Å². The number of nitrogens with zero attached hydrogens (tertiary/aromatic N) is 2. The van der Waals surface area contributed by atoms with Gasteiger partial charge in [0.15, 0.2) is 0 Å². The third kappa shape index (κ3) is 2.45. The summed E-state index contributed by atoms with van der Waals surface area (Å²) >= 11 is 1.61. The maximum absolute atomic E-state index is 10.8. The van der Waals surface area contributed by atoms with Gasteiger partial charge < -0.3 is 0 Å². The van der Waals surface area contributed by atoms with Crippen LogP contribution in [-0.4, -0.2) is 16.3 Å². The van der Waals surface area contributed by atoms with Crippen molar-refractivity contribution in [2.75, 3.05) is 0 Å². The molecular formula is C22H16N2OS. The molecule has 0 saturated heterocycles. The molecular weight excluding hydrogens is 340 g/mol. The third-order valence-corrected chi connectivity index (χ3v) is 6.13. The van der Waals surface area contributed by atoms with Crippen molar-refractivity contribution in [1.29, 1.82) is 0 Å². The third-order valence-electron chi connectivity index (χ3n) is 5.12. The van der Waals surface area contributed by atoms with Crippen molar-refractivity contribution >= 4 is 28.0 Å². The molecule has 1 saturated carbocycles. The maximum Gasteiger partial charge on any atom is 0.150 e. The first-order valence-corrected chi connectivity index (χ1v) is 9.49. The molecule has 0 aliphatic heterocycles. The molecule has 0 N–H and O–H groups in total. The number of hydrogen-bond donors (Lipinski definition) is 0. The normalized spacial score (nSPS) is 15.1. The van der Waals surface area contributed by atoms with Crippen LogP contribution in [-0.2, 0) is 5.41 Å². The Morgan fingerprint density at radius 3 is 2.35 bits per heavy atom. The lowest BCUT2D eigenvalue weighted by molar-refractivity contribution is 0.112. The summed E-state index contributed by atoms with van der Waals surface area (Å²) in [4.78, 5) is 21.5. The Hall–Kier alpha value is -2.85. The average molecular weight is 356 g/mol. The van der Waals surface area contributed by atoms with E-state index >= 15 is 0 Å². The van der Waals surface area contributed by atoms with Crippen LogP contribution in [0.4, 0.5) is 0 Å². The van der Waals surface area contributed by atoms with Crippen LogP contribution in [0.15, 0.2) is 66.7 Å². The average Bonchev–Trinajstić information content (AvgIpc) is 3.41. The fourth-order valence-corrected chi connectivity index (χ4v) is 4.43. The minimum atomic E-state index is 0.0746. The summed E-state index contributed by atoms with van der Waals surface area (Å²) < 4.78 is 0. The molecule has 0 bridgehead atoms. The molecule has 3 nitrogen and oxygen atoms in total. The van der Waals surface area contributed by atoms with Crippen LogP contribution in [0.3, 0.4) is 0 Å². The topological polar surface area (TPSA) is 42.9 Å². The van der Waals surface area contributed by atoms with Crippen molar-refractivity contribution < 1.29 is 4.79 Å². The van der Waals surface area contributed by atoms with Crippen molar-refractivity contribution in [3.05, 3.63) is 83.6 Å². The highest BCUT2D eigenvalue weighted by Gasteiger charge is 2.47. The van der Waals surface area contributed by atoms with Crippen molar-refractivity contribution in [2.24, 2.45) is 0 Å². The van der Waals surface area contributed by atoms with Crippen molar-refractivity contribution in [3.8, 4) is 10.6 Å². The van der Waals surface area contributed by atoms with E-state index in [0.29, 0.717) is 5.56 Å². The summed E-state index contributed by atoms with van der Waals surface area (Å²) in [7, 11) is 0. The van der Waals surface area contributed by atoms with E-state index < -0.39 is 0 Å². The van der Waals surface area contributed by atoms with Gasteiger partial charge in [-0.25, -0.2) is 9.97 Å². The molecule has 4 aromatic rings. The molecule has 26 heavy (non-hydrogen) atoms. The van der Waals surface area contributed by atoms with Gasteiger partial charge in [0.25, 0.3) is 0 Å². The van der Waals surface area contributed by atoms with E-state index in [2.05, 4.69) is 42.5 Å². The SMILES string of the molecule is O=Cc1ccc(-c2nc3ccc(C4(c5ccccc5)CC4)nc3s2)cc1. The van der Waals surface area contributed by atoms with Crippen molar-refractivity contribution in [1.82, 2.24) is 9.97 Å². The first-order valence-electron chi connectivity index (χ1n) is 8.68. The van der Waals surface area contributed by atoms with Crippen LogP contribution in [0.5, 0.6) is 0 Å². The lowest BCUT2D eigenvalue weighted by Gasteiger charge is -2.14. The van der Waals surface area contributed by atoms with E-state index in [4.69, 9.17) is 9.97 Å². The molecule has 126 valence electrons. The highest BCUT2D eigenvalue weighted by atomic mass is 32.1. The van der Waals surface area contributed by atoms with Crippen LogP contribution in [0.1, 0.15) is 34.5 Å². The second-order valence-electron chi connectivity index (χ2n) is 6.73. The standard InChI is InChI=1S/C22H16N2OS/c25-14-15-6-8-16(9-7-15)20-23-18-10-11-19(24-21(18)26-20)22(12-13-22)17-4-2-1-3-5-17/h1-11,14H,12-13H2. The Morgan fingerprint density at radius 1 is 0.885 bits per heavy atom. The quantitative estimate of drug-likeness (QED) is 0.469. The first kappa shape index (κ1) is 15.4. The van der Waals surface area contributed by atoms with Gasteiger partial charge in [0.2, 0.25) is 0 Å². The number of carbonyl (C=O) groups excluding carboxylic acids is 1. The van der Waals surface area contributed by atoms with Crippen LogP contribution in [0, 0.1) is 0 Å². The van der Waals surface area contributed by atoms with E-state index in [1.54, 1.807) is 11.3 Å². The van der Waals surface area contributed by atoms with Gasteiger partial charge in [-0.3, -0.25) is 4.79 Å². The molecule has 0 spiro atoms. The van der Waals surface area contributed by atoms with Crippen LogP contribution >= 0.6 is 11.3 Å². The molecule has 2 aromatic heterocycles. The summed E-state index contributed by atoms with van der Waals surface area (Å²) in [5.41, 5.74) is 5.18. The van der Waals surface area contributed by atoms with Gasteiger partial charge in [0.05, 0.1) is 5.69 Å². The minimum Gasteiger partial charge on any atom is -0.298 e. The number of carbonyl (C=O) groups is 1. The molecule has 0 radical (unpaired) electrons. The highest BCUT2D eigenvalue weighted by molar-refractivity contribution is 7.21. The molecule has 0 amide bonds. The van der Waals surface area contributed by atoms with Gasteiger partial charge in [0, 0.05) is 16.5 Å². The smallest absolute Gasteiger partial charge is 0.150 e. The summed E-state index contributed by atoms with van der Waals surface area (Å²) in [6.45, 7) is 0. The van der Waals surface area contributed by atoms with E-state index in [9.17, 15) is 4.79 Å². The fraction of sp³-hybridized carbons (Fsp3) is 0.136. The lowest BCUT2D eigenvalue weighted by atomic mass is 9.92. The molecule has 2 heterocycles. The predicted molar refractivity (Wildman–Crippen MR) is 105 cm³/mol. The summed E-state index contributed by atoms with van der Waals surface area (Å²) in [6, 6.07) is 22.4. The van der Waals surface area contributed by atoms with E-state index in [0.717, 1.165) is 45.7 Å². The zero-order chi connectivity index (χ0) is 17.6. The Labute approximate surface area is 155 Å². The number of hydrogen-bond acceptors (Lipinski definition) is 4. The number of rotatable bonds is 4. The molecule has 1 aliphatic rings. The Kier molecular flexibility index (Phi) is 3.47. The van der Waals surface area contributed by atoms with E-state index in [1.165, 1.54) is 5.56 Å². The summed E-state index contributed by atoms with van der Waals surface area (Å²) in [5, 5.41) is 0.937. The number of aromatic nitrogens is 2. The van der Waals surface area contributed by atoms with Gasteiger partial charge in [-0.05, 0) is 30.5 Å². The summed E-state index contributed by atoms with van der Waals surface area (Å²) in [6.07, 6.45) is 3.15. The van der Waals surface area contributed by atoms with Gasteiger partial charge in [0.1, 0.15) is 21.6 Å². The monoisotopic (exact) mass is 356 g/mol. The van der Waals surface area contributed by atoms with E-state index in [1.807, 2.05) is 24.3 Å². The Morgan fingerprint density at radius 2 is 1.65 bits per heavy atom. The minimum absolute atomic E-state index is 0.0746. The maximum atomic E-state index is 10.8. The van der Waals surface area contributed by atoms with Crippen LogP contribution in [0.25, 0.3) is 20.9 Å². The number of benzene rings is 2. The van der Waals surface area contributed by atoms with Crippen molar-refractivity contribution in [2.45, 2.75) is 18.3 Å². The second kappa shape index (κ2) is 5.85. The zero-order valence-corrected chi connectivity index (χ0v) is 14.9. The molecule has 2 aromatic carbocycles. The van der Waals surface area contributed by atoms with Gasteiger partial charge in [-0.2, -0.15) is 0 Å². The van der Waals surface area contributed by atoms with Gasteiger partial charge in [-0.1, -0.05) is 65.9 Å². The fourth-order valence-electron chi connectivity index (χ4n) is 3.49. The predicted octanol–water partition coefficient (Wildman–Crippen LogP) is 5.25. The lowest BCUT2D eigenvalue weighted by Crippen LogP contribution is -2.10. The van der Waals surface area contributed by atoms with Crippen molar-refractivity contribution in [3.63, 3.8) is 0 Å². The molecule has 0 unspecified atom stereocenters. The number of aldehydes is 1. The highest BCUT2D eigenvalue weighted by Crippen LogP contribution is 2.53. The molecule has 5 rings (SSSR count). The van der Waals surface area contributed by atoms with Crippen LogP contribution < -0.4 is 0 Å². The number of fused-ring (bicyclic) bond motifs is 1. The Balaban J connectivity index is 1.55. The van der Waals surface area contributed by atoms with Crippen LogP contribution in [0.2, 0.25) is 0 Å². The molecule has 0 atom stereocenters. The number of pyridine rings is 1. The Bertz CT molecular complexity index is 1100. The van der Waals surface area contributed by atoms with E-state index in [-0.39, 0.29) is 5.41 Å².